The van der Waals surface area contributed by atoms with Crippen LogP contribution in [-0.2, 0) is 29.0 Å². The molecule has 194 valence electrons. The van der Waals surface area contributed by atoms with Crippen molar-refractivity contribution in [1.29, 1.82) is 0 Å². The number of hydrogen-bond acceptors (Lipinski definition) is 5. The molecule has 3 rings (SSSR count). The zero-order valence-electron chi connectivity index (χ0n) is 22.3. The third-order valence-corrected chi connectivity index (χ3v) is 6.41. The number of benzene rings is 3. The Balaban J connectivity index is 1.41. The summed E-state index contributed by atoms with van der Waals surface area (Å²) in [6, 6.07) is 24.7. The van der Waals surface area contributed by atoms with Gasteiger partial charge in [0.15, 0.2) is 0 Å². The summed E-state index contributed by atoms with van der Waals surface area (Å²) in [6.45, 7) is 7.76. The van der Waals surface area contributed by atoms with Crippen LogP contribution in [0.15, 0.2) is 78.9 Å². The Morgan fingerprint density at radius 1 is 0.784 bits per heavy atom. The molecule has 37 heavy (non-hydrogen) atoms. The molecular weight excluding hydrogens is 462 g/mol. The number of Topliss-reactive ketones (excluding diaryl/α,β-unsaturated/α-hetero) is 3. The van der Waals surface area contributed by atoms with Gasteiger partial charge in [-0.15, -0.1) is 0 Å². The molecule has 5 heteroatoms. The van der Waals surface area contributed by atoms with Crippen LogP contribution in [0.4, 0.5) is 0 Å². The van der Waals surface area contributed by atoms with Crippen molar-refractivity contribution >= 4 is 17.3 Å². The lowest BCUT2D eigenvalue weighted by Gasteiger charge is -2.18. The minimum absolute atomic E-state index is 0.0472. The molecule has 1 unspecified atom stereocenters. The molecule has 5 nitrogen and oxygen atoms in total. The summed E-state index contributed by atoms with van der Waals surface area (Å²) in [7, 11) is 2.05. The molecule has 0 saturated carbocycles. The molecule has 0 aliphatic rings. The van der Waals surface area contributed by atoms with Gasteiger partial charge in [-0.25, -0.2) is 0 Å². The molecule has 0 N–H and O–H groups in total. The van der Waals surface area contributed by atoms with Crippen molar-refractivity contribution in [2.45, 2.75) is 40.2 Å². The first-order valence-corrected chi connectivity index (χ1v) is 12.9. The largest absolute Gasteiger partial charge is 0.492 e. The highest BCUT2D eigenvalue weighted by molar-refractivity contribution is 6.44. The molecule has 0 heterocycles. The van der Waals surface area contributed by atoms with Crippen LogP contribution in [0.1, 0.15) is 47.8 Å². The summed E-state index contributed by atoms with van der Waals surface area (Å²) in [6.07, 6.45) is 0.992. The summed E-state index contributed by atoms with van der Waals surface area (Å²) in [5.41, 5.74) is 3.66. The molecule has 0 spiro atoms. The van der Waals surface area contributed by atoms with Gasteiger partial charge in [-0.2, -0.15) is 0 Å². The third kappa shape index (κ3) is 8.80. The van der Waals surface area contributed by atoms with E-state index >= 15 is 0 Å². The number of ketones is 3. The maximum atomic E-state index is 12.6. The Hall–Kier alpha value is -3.57. The number of carbonyl (C=O) groups is 3. The van der Waals surface area contributed by atoms with Gasteiger partial charge in [0.1, 0.15) is 18.1 Å². The molecule has 0 bridgehead atoms. The molecule has 3 aromatic rings. The smallest absolute Gasteiger partial charge is 0.228 e. The fraction of sp³-hybridized carbons (Fsp3) is 0.344. The van der Waals surface area contributed by atoms with Gasteiger partial charge in [0, 0.05) is 36.9 Å². The summed E-state index contributed by atoms with van der Waals surface area (Å²) in [4.78, 5) is 39.1. The van der Waals surface area contributed by atoms with E-state index in [9.17, 15) is 14.4 Å². The quantitative estimate of drug-likeness (QED) is 0.214. The minimum Gasteiger partial charge on any atom is -0.492 e. The number of hydrogen-bond donors (Lipinski definition) is 0. The Labute approximate surface area is 220 Å². The molecule has 1 atom stereocenters. The van der Waals surface area contributed by atoms with Crippen LogP contribution in [0, 0.1) is 11.8 Å². The molecule has 0 aromatic heterocycles. The van der Waals surface area contributed by atoms with E-state index in [2.05, 4.69) is 17.0 Å². The molecule has 0 saturated heterocycles. The van der Waals surface area contributed by atoms with Gasteiger partial charge in [-0.1, -0.05) is 87.5 Å². The molecule has 0 amide bonds. The van der Waals surface area contributed by atoms with Crippen LogP contribution < -0.4 is 4.74 Å². The van der Waals surface area contributed by atoms with E-state index in [4.69, 9.17) is 4.74 Å². The molecule has 0 aliphatic carbocycles. The fourth-order valence-corrected chi connectivity index (χ4v) is 4.00. The highest BCUT2D eigenvalue weighted by Gasteiger charge is 2.22. The summed E-state index contributed by atoms with van der Waals surface area (Å²) in [5.74, 6) is -0.0639. The SMILES string of the molecule is CC(C)C(=O)Cc1ccc(OCCN(C)Cc2ccc(CC(C)C(=O)C(=O)c3ccccc3)cc2)cc1. The normalized spacial score (nSPS) is 11.9. The van der Waals surface area contributed by atoms with Gasteiger partial charge in [0.2, 0.25) is 11.6 Å². The zero-order valence-corrected chi connectivity index (χ0v) is 22.3. The Morgan fingerprint density at radius 2 is 1.38 bits per heavy atom. The molecule has 3 aromatic carbocycles. The van der Waals surface area contributed by atoms with Gasteiger partial charge in [-0.05, 0) is 42.3 Å². The Bertz CT molecular complexity index is 1170. The molecular formula is C32H37NO4. The number of carbonyl (C=O) groups excluding carboxylic acids is 3. The van der Waals surface area contributed by atoms with Crippen molar-refractivity contribution in [2.24, 2.45) is 11.8 Å². The standard InChI is InChI=1S/C32H37NO4/c1-23(2)30(34)21-26-14-16-29(17-15-26)37-19-18-33(4)22-27-12-10-25(11-13-27)20-24(3)31(35)32(36)28-8-6-5-7-9-28/h5-17,23-24H,18-22H2,1-4H3. The highest BCUT2D eigenvalue weighted by atomic mass is 16.5. The highest BCUT2D eigenvalue weighted by Crippen LogP contribution is 2.16. The van der Waals surface area contributed by atoms with E-state index in [1.165, 1.54) is 5.56 Å². The summed E-state index contributed by atoms with van der Waals surface area (Å²) >= 11 is 0. The van der Waals surface area contributed by atoms with Crippen molar-refractivity contribution < 1.29 is 19.1 Å². The van der Waals surface area contributed by atoms with E-state index in [-0.39, 0.29) is 23.4 Å². The number of likely N-dealkylation sites (N-methyl/N-ethyl adjacent to an activating group) is 1. The van der Waals surface area contributed by atoms with Crippen LogP contribution in [0.5, 0.6) is 5.75 Å². The van der Waals surface area contributed by atoms with Crippen molar-refractivity contribution in [1.82, 2.24) is 4.90 Å². The lowest BCUT2D eigenvalue weighted by Crippen LogP contribution is -2.24. The average Bonchev–Trinajstić information content (AvgIpc) is 2.90. The van der Waals surface area contributed by atoms with Gasteiger partial charge >= 0.3 is 0 Å². The van der Waals surface area contributed by atoms with Gasteiger partial charge < -0.3 is 4.74 Å². The molecule has 0 aliphatic heterocycles. The molecule has 0 radical (unpaired) electrons. The van der Waals surface area contributed by atoms with Crippen molar-refractivity contribution in [3.05, 3.63) is 101 Å². The van der Waals surface area contributed by atoms with E-state index in [0.717, 1.165) is 30.0 Å². The monoisotopic (exact) mass is 499 g/mol. The maximum Gasteiger partial charge on any atom is 0.228 e. The third-order valence-electron chi connectivity index (χ3n) is 6.41. The van der Waals surface area contributed by atoms with Crippen LogP contribution in [0.3, 0.4) is 0 Å². The maximum absolute atomic E-state index is 12.6. The fourth-order valence-electron chi connectivity index (χ4n) is 4.00. The van der Waals surface area contributed by atoms with Crippen molar-refractivity contribution in [3.63, 3.8) is 0 Å². The first kappa shape index (κ1) is 28.0. The predicted octanol–water partition coefficient (Wildman–Crippen LogP) is 5.60. The van der Waals surface area contributed by atoms with Crippen LogP contribution in [-0.4, -0.2) is 42.4 Å². The minimum atomic E-state index is -0.425. The van der Waals surface area contributed by atoms with Gasteiger partial charge in [0.05, 0.1) is 0 Å². The first-order chi connectivity index (χ1) is 17.7. The lowest BCUT2D eigenvalue weighted by molar-refractivity contribution is -0.121. The second-order valence-corrected chi connectivity index (χ2v) is 10.0. The Kier molecular flexibility index (Phi) is 10.3. The Morgan fingerprint density at radius 3 is 2.00 bits per heavy atom. The van der Waals surface area contributed by atoms with E-state index in [1.54, 1.807) is 24.3 Å². The van der Waals surface area contributed by atoms with E-state index in [0.29, 0.717) is 25.0 Å². The lowest BCUT2D eigenvalue weighted by atomic mass is 9.92. The average molecular weight is 500 g/mol. The number of rotatable bonds is 14. The first-order valence-electron chi connectivity index (χ1n) is 12.9. The topological polar surface area (TPSA) is 63.7 Å². The van der Waals surface area contributed by atoms with Crippen LogP contribution >= 0.6 is 0 Å². The van der Waals surface area contributed by atoms with E-state index < -0.39 is 5.78 Å². The van der Waals surface area contributed by atoms with Gasteiger partial charge in [-0.3, -0.25) is 19.3 Å². The summed E-state index contributed by atoms with van der Waals surface area (Å²) in [5, 5.41) is 0. The van der Waals surface area contributed by atoms with Crippen molar-refractivity contribution in [2.75, 3.05) is 20.2 Å². The van der Waals surface area contributed by atoms with Crippen molar-refractivity contribution in [3.8, 4) is 5.75 Å². The number of ether oxygens (including phenoxy) is 1. The summed E-state index contributed by atoms with van der Waals surface area (Å²) < 4.78 is 5.87. The zero-order chi connectivity index (χ0) is 26.8. The van der Waals surface area contributed by atoms with Crippen LogP contribution in [0.2, 0.25) is 0 Å². The number of nitrogens with zero attached hydrogens (tertiary/aromatic N) is 1. The second-order valence-electron chi connectivity index (χ2n) is 10.0. The van der Waals surface area contributed by atoms with Gasteiger partial charge in [0.25, 0.3) is 0 Å². The van der Waals surface area contributed by atoms with E-state index in [1.807, 2.05) is 70.3 Å². The second kappa shape index (κ2) is 13.7. The molecule has 0 fully saturated rings. The predicted molar refractivity (Wildman–Crippen MR) is 147 cm³/mol. The van der Waals surface area contributed by atoms with Crippen LogP contribution in [0.25, 0.3) is 0 Å².